The SMILES string of the molecule is Cc1nc(N)c2[nH]c(=O)n(Cc3ccc4c(c3)nnn4CCCl)c2n1. The second kappa shape index (κ2) is 5.85. The number of nitrogen functional groups attached to an aromatic ring is 1. The van der Waals surface area contributed by atoms with Gasteiger partial charge in [0.1, 0.15) is 16.9 Å². The van der Waals surface area contributed by atoms with Crippen molar-refractivity contribution in [2.75, 3.05) is 11.6 Å². The van der Waals surface area contributed by atoms with Crippen LogP contribution >= 0.6 is 11.6 Å². The molecule has 0 fully saturated rings. The van der Waals surface area contributed by atoms with E-state index in [-0.39, 0.29) is 11.5 Å². The van der Waals surface area contributed by atoms with Gasteiger partial charge < -0.3 is 10.7 Å². The van der Waals surface area contributed by atoms with Crippen molar-refractivity contribution in [2.24, 2.45) is 0 Å². The zero-order chi connectivity index (χ0) is 17.6. The van der Waals surface area contributed by atoms with Crippen LogP contribution in [-0.2, 0) is 13.1 Å². The number of fused-ring (bicyclic) bond motifs is 2. The highest BCUT2D eigenvalue weighted by molar-refractivity contribution is 6.17. The van der Waals surface area contributed by atoms with Crippen molar-refractivity contribution in [3.63, 3.8) is 0 Å². The summed E-state index contributed by atoms with van der Waals surface area (Å²) in [4.78, 5) is 23.4. The molecule has 0 saturated heterocycles. The number of nitrogens with one attached hydrogen (secondary N) is 1. The van der Waals surface area contributed by atoms with Gasteiger partial charge in [-0.3, -0.25) is 4.57 Å². The van der Waals surface area contributed by atoms with E-state index in [1.807, 2.05) is 18.2 Å². The van der Waals surface area contributed by atoms with Crippen molar-refractivity contribution < 1.29 is 0 Å². The molecule has 9 nitrogen and oxygen atoms in total. The summed E-state index contributed by atoms with van der Waals surface area (Å²) in [6.07, 6.45) is 0. The van der Waals surface area contributed by atoms with Gasteiger partial charge in [-0.1, -0.05) is 11.3 Å². The molecule has 0 bridgehead atoms. The molecule has 0 saturated carbocycles. The van der Waals surface area contributed by atoms with Crippen LogP contribution in [0.2, 0.25) is 0 Å². The number of benzene rings is 1. The van der Waals surface area contributed by atoms with Gasteiger partial charge in [0.05, 0.1) is 18.6 Å². The smallest absolute Gasteiger partial charge is 0.328 e. The molecular formula is C15H15ClN8O. The summed E-state index contributed by atoms with van der Waals surface area (Å²) in [6, 6.07) is 5.75. The number of nitrogens with zero attached hydrogens (tertiary/aromatic N) is 6. The van der Waals surface area contributed by atoms with Crippen LogP contribution in [0.4, 0.5) is 5.82 Å². The second-order valence-corrected chi connectivity index (χ2v) is 6.07. The fourth-order valence-electron chi connectivity index (χ4n) is 2.86. The zero-order valence-electron chi connectivity index (χ0n) is 13.4. The third kappa shape index (κ3) is 2.62. The van der Waals surface area contributed by atoms with Crippen LogP contribution in [0.5, 0.6) is 0 Å². The number of alkyl halides is 1. The lowest BCUT2D eigenvalue weighted by Crippen LogP contribution is -2.17. The number of halogens is 1. The first-order valence-electron chi connectivity index (χ1n) is 7.67. The van der Waals surface area contributed by atoms with E-state index >= 15 is 0 Å². The van der Waals surface area contributed by atoms with Gasteiger partial charge in [-0.15, -0.1) is 16.7 Å². The van der Waals surface area contributed by atoms with Gasteiger partial charge in [-0.05, 0) is 24.6 Å². The van der Waals surface area contributed by atoms with Crippen LogP contribution in [0, 0.1) is 6.92 Å². The fourth-order valence-corrected chi connectivity index (χ4v) is 3.02. The maximum atomic E-state index is 12.3. The average molecular weight is 359 g/mol. The number of H-pyrrole nitrogens is 1. The Balaban J connectivity index is 1.77. The Morgan fingerprint density at radius 3 is 2.96 bits per heavy atom. The Morgan fingerprint density at radius 2 is 2.16 bits per heavy atom. The molecule has 0 radical (unpaired) electrons. The molecule has 10 heteroatoms. The highest BCUT2D eigenvalue weighted by atomic mass is 35.5. The number of hydrogen-bond donors (Lipinski definition) is 2. The molecule has 1 aromatic carbocycles. The molecular weight excluding hydrogens is 344 g/mol. The fraction of sp³-hybridized carbons (Fsp3) is 0.267. The van der Waals surface area contributed by atoms with Crippen molar-refractivity contribution in [1.82, 2.24) is 34.5 Å². The lowest BCUT2D eigenvalue weighted by molar-refractivity contribution is 0.650. The standard InChI is InChI=1S/C15H15ClN8O/c1-8-18-13(17)12-14(19-8)23(15(25)20-12)7-9-2-3-11-10(6-9)21-22-24(11)5-4-16/h2-3,6H,4-5,7H2,1H3,(H,20,25)(H2,17,18,19). The summed E-state index contributed by atoms with van der Waals surface area (Å²) in [5, 5.41) is 8.24. The van der Waals surface area contributed by atoms with Gasteiger partial charge in [0.2, 0.25) is 0 Å². The molecule has 0 aliphatic carbocycles. The first kappa shape index (κ1) is 15.6. The first-order valence-corrected chi connectivity index (χ1v) is 8.21. The van der Waals surface area contributed by atoms with Gasteiger partial charge >= 0.3 is 5.69 Å². The normalized spacial score (nSPS) is 11.6. The average Bonchev–Trinajstić information content (AvgIpc) is 3.11. The van der Waals surface area contributed by atoms with Gasteiger partial charge in [-0.25, -0.2) is 19.4 Å². The molecule has 0 spiro atoms. The number of anilines is 1. The summed E-state index contributed by atoms with van der Waals surface area (Å²) in [5.41, 5.74) is 9.08. The number of hydrogen-bond acceptors (Lipinski definition) is 6. The highest BCUT2D eigenvalue weighted by Crippen LogP contribution is 2.17. The van der Waals surface area contributed by atoms with E-state index in [0.717, 1.165) is 16.6 Å². The molecule has 0 unspecified atom stereocenters. The van der Waals surface area contributed by atoms with Crippen molar-refractivity contribution in [2.45, 2.75) is 20.0 Å². The van der Waals surface area contributed by atoms with Gasteiger partial charge in [0, 0.05) is 5.88 Å². The lowest BCUT2D eigenvalue weighted by atomic mass is 10.2. The predicted octanol–water partition coefficient (Wildman–Crippen LogP) is 1.04. The van der Waals surface area contributed by atoms with Crippen molar-refractivity contribution in [1.29, 1.82) is 0 Å². The summed E-state index contributed by atoms with van der Waals surface area (Å²) in [5.74, 6) is 1.24. The third-order valence-corrected chi connectivity index (χ3v) is 4.15. The first-order chi connectivity index (χ1) is 12.1. The quantitative estimate of drug-likeness (QED) is 0.526. The maximum absolute atomic E-state index is 12.3. The molecule has 3 aromatic heterocycles. The number of imidazole rings is 1. The Morgan fingerprint density at radius 1 is 1.32 bits per heavy atom. The van der Waals surface area contributed by atoms with E-state index in [2.05, 4.69) is 25.3 Å². The van der Waals surface area contributed by atoms with E-state index in [0.29, 0.717) is 36.0 Å². The Labute approximate surface area is 146 Å². The van der Waals surface area contributed by atoms with E-state index in [1.54, 1.807) is 11.6 Å². The topological polar surface area (TPSA) is 120 Å². The van der Waals surface area contributed by atoms with E-state index in [9.17, 15) is 4.79 Å². The molecule has 0 atom stereocenters. The number of aryl methyl sites for hydroxylation is 2. The van der Waals surface area contributed by atoms with Crippen molar-refractivity contribution in [3.8, 4) is 0 Å². The van der Waals surface area contributed by atoms with E-state index in [1.165, 1.54) is 4.57 Å². The third-order valence-electron chi connectivity index (χ3n) is 3.98. The Bertz CT molecular complexity index is 1140. The monoisotopic (exact) mass is 358 g/mol. The second-order valence-electron chi connectivity index (χ2n) is 5.70. The van der Waals surface area contributed by atoms with Gasteiger partial charge in [0.15, 0.2) is 11.5 Å². The predicted molar refractivity (Wildman–Crippen MR) is 94.6 cm³/mol. The molecule has 0 amide bonds. The molecule has 4 aromatic rings. The van der Waals surface area contributed by atoms with Crippen LogP contribution < -0.4 is 11.4 Å². The van der Waals surface area contributed by atoms with Crippen LogP contribution in [0.3, 0.4) is 0 Å². The molecule has 128 valence electrons. The summed E-state index contributed by atoms with van der Waals surface area (Å²) in [6.45, 7) is 2.67. The largest absolute Gasteiger partial charge is 0.382 e. The van der Waals surface area contributed by atoms with Gasteiger partial charge in [0.25, 0.3) is 0 Å². The molecule has 4 rings (SSSR count). The number of nitrogens with two attached hydrogens (primary N) is 1. The summed E-state index contributed by atoms with van der Waals surface area (Å²) < 4.78 is 3.28. The van der Waals surface area contributed by atoms with Crippen LogP contribution in [0.1, 0.15) is 11.4 Å². The van der Waals surface area contributed by atoms with Gasteiger partial charge in [-0.2, -0.15) is 0 Å². The van der Waals surface area contributed by atoms with Crippen molar-refractivity contribution in [3.05, 3.63) is 40.1 Å². The number of rotatable bonds is 4. The van der Waals surface area contributed by atoms with Crippen LogP contribution in [-0.4, -0.2) is 40.4 Å². The van der Waals surface area contributed by atoms with E-state index < -0.39 is 0 Å². The number of aromatic amines is 1. The van der Waals surface area contributed by atoms with Crippen molar-refractivity contribution >= 4 is 39.6 Å². The number of aromatic nitrogens is 7. The summed E-state index contributed by atoms with van der Waals surface area (Å²) >= 11 is 5.77. The van der Waals surface area contributed by atoms with Crippen LogP contribution in [0.15, 0.2) is 23.0 Å². The minimum atomic E-state index is -0.285. The molecule has 3 heterocycles. The maximum Gasteiger partial charge on any atom is 0.328 e. The molecule has 0 aliphatic rings. The minimum Gasteiger partial charge on any atom is -0.382 e. The van der Waals surface area contributed by atoms with E-state index in [4.69, 9.17) is 17.3 Å². The summed E-state index contributed by atoms with van der Waals surface area (Å²) in [7, 11) is 0. The zero-order valence-corrected chi connectivity index (χ0v) is 14.2. The van der Waals surface area contributed by atoms with Crippen LogP contribution in [0.25, 0.3) is 22.2 Å². The minimum absolute atomic E-state index is 0.262. The molecule has 3 N–H and O–H groups in total. The molecule has 25 heavy (non-hydrogen) atoms. The molecule has 0 aliphatic heterocycles. The highest BCUT2D eigenvalue weighted by Gasteiger charge is 2.13. The Hall–Kier alpha value is -2.94. The Kier molecular flexibility index (Phi) is 3.65. The lowest BCUT2D eigenvalue weighted by Gasteiger charge is -2.05.